The standard InChI is InChI=1S/C17H28N4O3S/c1-5-25(23,24)20-10-8-19(9-11-20)16(22)14-12-15(13-6-7-13)21(18-14)17(2,3)4/h12-13H,5-11H2,1-4H3. The lowest BCUT2D eigenvalue weighted by molar-refractivity contribution is 0.0690. The molecule has 0 bridgehead atoms. The summed E-state index contributed by atoms with van der Waals surface area (Å²) in [6.07, 6.45) is 2.31. The van der Waals surface area contributed by atoms with E-state index in [9.17, 15) is 13.2 Å². The maximum atomic E-state index is 12.8. The van der Waals surface area contributed by atoms with Gasteiger partial charge in [0, 0.05) is 37.8 Å². The highest BCUT2D eigenvalue weighted by Gasteiger charge is 2.34. The summed E-state index contributed by atoms with van der Waals surface area (Å²) in [5.41, 5.74) is 1.45. The number of hydrogen-bond donors (Lipinski definition) is 0. The Morgan fingerprint density at radius 3 is 2.28 bits per heavy atom. The van der Waals surface area contributed by atoms with Crippen LogP contribution in [0.5, 0.6) is 0 Å². The number of piperazine rings is 1. The summed E-state index contributed by atoms with van der Waals surface area (Å²) in [7, 11) is -3.18. The molecule has 0 radical (unpaired) electrons. The highest BCUT2D eigenvalue weighted by molar-refractivity contribution is 7.89. The predicted octanol–water partition coefficient (Wildman–Crippen LogP) is 1.62. The van der Waals surface area contributed by atoms with Crippen LogP contribution in [-0.4, -0.2) is 65.2 Å². The van der Waals surface area contributed by atoms with Crippen LogP contribution in [0.1, 0.15) is 62.6 Å². The topological polar surface area (TPSA) is 75.5 Å². The molecule has 1 aromatic rings. The number of nitrogens with zero attached hydrogens (tertiary/aromatic N) is 4. The minimum absolute atomic E-state index is 0.0987. The number of sulfonamides is 1. The Hall–Kier alpha value is -1.41. The number of rotatable bonds is 4. The number of carbonyl (C=O) groups is 1. The Kier molecular flexibility index (Phi) is 4.70. The van der Waals surface area contributed by atoms with Gasteiger partial charge in [0.15, 0.2) is 5.69 Å². The van der Waals surface area contributed by atoms with E-state index in [-0.39, 0.29) is 17.2 Å². The second-order valence-electron chi connectivity index (χ2n) is 7.90. The zero-order chi connectivity index (χ0) is 18.4. The molecule has 25 heavy (non-hydrogen) atoms. The van der Waals surface area contributed by atoms with Gasteiger partial charge in [-0.2, -0.15) is 9.40 Å². The van der Waals surface area contributed by atoms with Gasteiger partial charge in [-0.05, 0) is 46.6 Å². The Morgan fingerprint density at radius 2 is 1.80 bits per heavy atom. The Bertz CT molecular complexity index is 751. The third-order valence-corrected chi connectivity index (χ3v) is 6.75. The van der Waals surface area contributed by atoms with Crippen LogP contribution in [0.4, 0.5) is 0 Å². The second-order valence-corrected chi connectivity index (χ2v) is 10.2. The first kappa shape index (κ1) is 18.4. The van der Waals surface area contributed by atoms with Crippen LogP contribution in [0.3, 0.4) is 0 Å². The molecule has 1 aromatic heterocycles. The van der Waals surface area contributed by atoms with Gasteiger partial charge < -0.3 is 4.90 Å². The van der Waals surface area contributed by atoms with E-state index in [4.69, 9.17) is 0 Å². The van der Waals surface area contributed by atoms with Crippen LogP contribution in [-0.2, 0) is 15.6 Å². The van der Waals surface area contributed by atoms with Gasteiger partial charge in [-0.15, -0.1) is 0 Å². The summed E-state index contributed by atoms with van der Waals surface area (Å²) in [5, 5.41) is 4.60. The fourth-order valence-electron chi connectivity index (χ4n) is 3.22. The van der Waals surface area contributed by atoms with Crippen molar-refractivity contribution in [3.05, 3.63) is 17.5 Å². The molecule has 0 spiro atoms. The molecule has 1 saturated heterocycles. The Morgan fingerprint density at radius 1 is 1.20 bits per heavy atom. The molecule has 2 heterocycles. The van der Waals surface area contributed by atoms with Gasteiger partial charge in [-0.25, -0.2) is 8.42 Å². The number of amides is 1. The first-order valence-electron chi connectivity index (χ1n) is 9.01. The monoisotopic (exact) mass is 368 g/mol. The fourth-order valence-corrected chi connectivity index (χ4v) is 4.31. The molecule has 3 rings (SSSR count). The molecule has 140 valence electrons. The van der Waals surface area contributed by atoms with Gasteiger partial charge >= 0.3 is 0 Å². The SMILES string of the molecule is CCS(=O)(=O)N1CCN(C(=O)c2cc(C3CC3)n(C(C)(C)C)n2)CC1. The average molecular weight is 369 g/mol. The zero-order valence-corrected chi connectivity index (χ0v) is 16.3. The maximum absolute atomic E-state index is 12.8. The van der Waals surface area contributed by atoms with E-state index in [1.165, 1.54) is 4.31 Å². The summed E-state index contributed by atoms with van der Waals surface area (Å²) in [5.74, 6) is 0.514. The molecule has 0 N–H and O–H groups in total. The molecular formula is C17H28N4O3S. The maximum Gasteiger partial charge on any atom is 0.274 e. The van der Waals surface area contributed by atoms with Gasteiger partial charge in [-0.1, -0.05) is 0 Å². The van der Waals surface area contributed by atoms with Crippen molar-refractivity contribution in [2.24, 2.45) is 0 Å². The minimum atomic E-state index is -3.18. The normalized spacial score (nSPS) is 20.1. The van der Waals surface area contributed by atoms with E-state index in [0.717, 1.165) is 18.5 Å². The van der Waals surface area contributed by atoms with Crippen LogP contribution >= 0.6 is 0 Å². The van der Waals surface area contributed by atoms with Crippen LogP contribution in [0.2, 0.25) is 0 Å². The fraction of sp³-hybridized carbons (Fsp3) is 0.765. The molecular weight excluding hydrogens is 340 g/mol. The van der Waals surface area contributed by atoms with Crippen molar-refractivity contribution in [3.63, 3.8) is 0 Å². The molecule has 1 saturated carbocycles. The summed E-state index contributed by atoms with van der Waals surface area (Å²) in [4.78, 5) is 14.6. The third-order valence-electron chi connectivity index (χ3n) is 4.87. The van der Waals surface area contributed by atoms with Crippen molar-refractivity contribution in [2.45, 2.75) is 52.0 Å². The van der Waals surface area contributed by atoms with Gasteiger partial charge in [-0.3, -0.25) is 9.48 Å². The van der Waals surface area contributed by atoms with Crippen molar-refractivity contribution >= 4 is 15.9 Å². The number of carbonyl (C=O) groups excluding carboxylic acids is 1. The molecule has 2 fully saturated rings. The third kappa shape index (κ3) is 3.74. The highest BCUT2D eigenvalue weighted by Crippen LogP contribution is 2.41. The van der Waals surface area contributed by atoms with E-state index in [0.29, 0.717) is 37.8 Å². The van der Waals surface area contributed by atoms with E-state index >= 15 is 0 Å². The van der Waals surface area contributed by atoms with Crippen LogP contribution in [0.15, 0.2) is 6.07 Å². The Balaban J connectivity index is 1.74. The first-order chi connectivity index (χ1) is 11.6. The first-order valence-corrected chi connectivity index (χ1v) is 10.6. The van der Waals surface area contributed by atoms with Gasteiger partial charge in [0.2, 0.25) is 10.0 Å². The van der Waals surface area contributed by atoms with Crippen LogP contribution in [0.25, 0.3) is 0 Å². The molecule has 0 aromatic carbocycles. The molecule has 0 unspecified atom stereocenters. The minimum Gasteiger partial charge on any atom is -0.335 e. The summed E-state index contributed by atoms with van der Waals surface area (Å²) in [6.45, 7) is 9.47. The summed E-state index contributed by atoms with van der Waals surface area (Å²) >= 11 is 0. The van der Waals surface area contributed by atoms with Gasteiger partial charge in [0.05, 0.1) is 11.3 Å². The molecule has 1 aliphatic carbocycles. The number of aromatic nitrogens is 2. The summed E-state index contributed by atoms with van der Waals surface area (Å²) < 4.78 is 27.4. The quantitative estimate of drug-likeness (QED) is 0.809. The lowest BCUT2D eigenvalue weighted by Gasteiger charge is -2.33. The zero-order valence-electron chi connectivity index (χ0n) is 15.5. The van der Waals surface area contributed by atoms with E-state index in [1.54, 1.807) is 11.8 Å². The molecule has 0 atom stereocenters. The lowest BCUT2D eigenvalue weighted by Crippen LogP contribution is -2.51. The van der Waals surface area contributed by atoms with Crippen molar-refractivity contribution in [1.82, 2.24) is 19.0 Å². The molecule has 1 amide bonds. The van der Waals surface area contributed by atoms with Crippen LogP contribution in [0, 0.1) is 0 Å². The van der Waals surface area contributed by atoms with Crippen molar-refractivity contribution < 1.29 is 13.2 Å². The Labute approximate surface area is 150 Å². The molecule has 2 aliphatic rings. The van der Waals surface area contributed by atoms with E-state index < -0.39 is 10.0 Å². The van der Waals surface area contributed by atoms with Gasteiger partial charge in [0.1, 0.15) is 0 Å². The average Bonchev–Trinajstić information content (AvgIpc) is 3.31. The molecule has 8 heteroatoms. The largest absolute Gasteiger partial charge is 0.335 e. The lowest BCUT2D eigenvalue weighted by atomic mass is 10.1. The molecule has 7 nitrogen and oxygen atoms in total. The van der Waals surface area contributed by atoms with Gasteiger partial charge in [0.25, 0.3) is 5.91 Å². The predicted molar refractivity (Wildman–Crippen MR) is 96.1 cm³/mol. The smallest absolute Gasteiger partial charge is 0.274 e. The second kappa shape index (κ2) is 6.39. The number of hydrogen-bond acceptors (Lipinski definition) is 4. The van der Waals surface area contributed by atoms with Crippen molar-refractivity contribution in [1.29, 1.82) is 0 Å². The summed E-state index contributed by atoms with van der Waals surface area (Å²) in [6, 6.07) is 1.93. The highest BCUT2D eigenvalue weighted by atomic mass is 32.2. The van der Waals surface area contributed by atoms with Crippen LogP contribution < -0.4 is 0 Å². The van der Waals surface area contributed by atoms with E-state index in [1.807, 2.05) is 10.7 Å². The van der Waals surface area contributed by atoms with Crippen molar-refractivity contribution in [3.8, 4) is 0 Å². The van der Waals surface area contributed by atoms with E-state index in [2.05, 4.69) is 25.9 Å². The van der Waals surface area contributed by atoms with Crippen molar-refractivity contribution in [2.75, 3.05) is 31.9 Å². The molecule has 1 aliphatic heterocycles.